The highest BCUT2D eigenvalue weighted by Crippen LogP contribution is 2.08. The van der Waals surface area contributed by atoms with Gasteiger partial charge in [-0.15, -0.1) is 0 Å². The van der Waals surface area contributed by atoms with E-state index in [4.69, 9.17) is 10.8 Å². The lowest BCUT2D eigenvalue weighted by atomic mass is 9.99. The van der Waals surface area contributed by atoms with E-state index in [0.29, 0.717) is 6.42 Å². The number of rotatable bonds is 11. The average molecular weight is 421 g/mol. The van der Waals surface area contributed by atoms with E-state index in [9.17, 15) is 19.2 Å². The van der Waals surface area contributed by atoms with Gasteiger partial charge >= 0.3 is 5.97 Å². The normalized spacial score (nSPS) is 14.0. The minimum Gasteiger partial charge on any atom is -0.480 e. The van der Waals surface area contributed by atoms with Crippen LogP contribution in [0, 0.1) is 11.8 Å². The molecule has 9 heteroatoms. The molecule has 3 amide bonds. The third kappa shape index (κ3) is 8.20. The van der Waals surface area contributed by atoms with Gasteiger partial charge in [0.05, 0.1) is 6.04 Å². The van der Waals surface area contributed by atoms with Crippen LogP contribution >= 0.6 is 0 Å². The molecule has 1 aromatic carbocycles. The summed E-state index contributed by atoms with van der Waals surface area (Å²) in [6.45, 7) is 6.44. The fraction of sp³-hybridized carbons (Fsp3) is 0.524. The molecular formula is C21H32N4O5. The molecule has 3 unspecified atom stereocenters. The van der Waals surface area contributed by atoms with Crippen LogP contribution in [-0.4, -0.2) is 53.5 Å². The van der Waals surface area contributed by atoms with Gasteiger partial charge in [-0.2, -0.15) is 0 Å². The van der Waals surface area contributed by atoms with Crippen molar-refractivity contribution < 1.29 is 24.3 Å². The van der Waals surface area contributed by atoms with Crippen molar-refractivity contribution in [1.82, 2.24) is 16.0 Å². The molecule has 1 rings (SSSR count). The number of nitrogens with two attached hydrogens (primary N) is 1. The highest BCUT2D eigenvalue weighted by molar-refractivity contribution is 5.94. The van der Waals surface area contributed by atoms with Gasteiger partial charge < -0.3 is 26.8 Å². The number of carboxylic acids is 1. The molecule has 0 bridgehead atoms. The monoisotopic (exact) mass is 420 g/mol. The lowest BCUT2D eigenvalue weighted by Crippen LogP contribution is -2.58. The molecule has 0 aliphatic rings. The second kappa shape index (κ2) is 11.9. The summed E-state index contributed by atoms with van der Waals surface area (Å²) in [7, 11) is 0. The maximum atomic E-state index is 12.8. The lowest BCUT2D eigenvalue weighted by Gasteiger charge is -2.27. The molecule has 0 radical (unpaired) electrons. The molecule has 0 aliphatic heterocycles. The van der Waals surface area contributed by atoms with Gasteiger partial charge in [-0.1, -0.05) is 58.0 Å². The minimum atomic E-state index is -1.18. The van der Waals surface area contributed by atoms with E-state index < -0.39 is 48.4 Å². The molecule has 0 saturated heterocycles. The van der Waals surface area contributed by atoms with Crippen LogP contribution in [0.15, 0.2) is 30.3 Å². The van der Waals surface area contributed by atoms with Crippen molar-refractivity contribution in [3.05, 3.63) is 35.9 Å². The molecule has 166 valence electrons. The van der Waals surface area contributed by atoms with Gasteiger partial charge in [-0.25, -0.2) is 0 Å². The smallest absolute Gasteiger partial charge is 0.322 e. The van der Waals surface area contributed by atoms with Crippen molar-refractivity contribution in [3.63, 3.8) is 0 Å². The molecule has 0 aromatic heterocycles. The Balaban J connectivity index is 2.79. The van der Waals surface area contributed by atoms with Crippen LogP contribution < -0.4 is 21.7 Å². The predicted octanol–water partition coefficient (Wildman–Crippen LogP) is 0.0388. The van der Waals surface area contributed by atoms with Crippen molar-refractivity contribution in [2.45, 2.75) is 52.2 Å². The van der Waals surface area contributed by atoms with Crippen molar-refractivity contribution in [2.24, 2.45) is 17.6 Å². The number of hydrogen-bond acceptors (Lipinski definition) is 5. The van der Waals surface area contributed by atoms with Crippen LogP contribution in [0.4, 0.5) is 0 Å². The second-order valence-corrected chi connectivity index (χ2v) is 7.87. The van der Waals surface area contributed by atoms with Gasteiger partial charge in [-0.3, -0.25) is 19.2 Å². The number of nitrogens with one attached hydrogen (secondary N) is 3. The molecular weight excluding hydrogens is 388 g/mol. The Labute approximate surface area is 176 Å². The van der Waals surface area contributed by atoms with E-state index in [2.05, 4.69) is 16.0 Å². The summed E-state index contributed by atoms with van der Waals surface area (Å²) in [4.78, 5) is 48.3. The van der Waals surface area contributed by atoms with E-state index in [1.807, 2.05) is 30.3 Å². The number of hydrogen-bond donors (Lipinski definition) is 5. The first-order chi connectivity index (χ1) is 14.0. The summed E-state index contributed by atoms with van der Waals surface area (Å²) in [5.41, 5.74) is 6.90. The van der Waals surface area contributed by atoms with Crippen LogP contribution in [0.3, 0.4) is 0 Å². The number of aliphatic carboxylic acids is 1. The van der Waals surface area contributed by atoms with Gasteiger partial charge in [0, 0.05) is 0 Å². The number of carbonyl (C=O) groups excluding carboxylic acids is 3. The van der Waals surface area contributed by atoms with Gasteiger partial charge in [0.2, 0.25) is 17.7 Å². The summed E-state index contributed by atoms with van der Waals surface area (Å²) in [5, 5.41) is 16.3. The molecule has 0 heterocycles. The van der Waals surface area contributed by atoms with Crippen molar-refractivity contribution in [1.29, 1.82) is 0 Å². The molecule has 0 spiro atoms. The third-order valence-electron chi connectivity index (χ3n) is 4.54. The van der Waals surface area contributed by atoms with Gasteiger partial charge in [-0.05, 0) is 23.8 Å². The van der Waals surface area contributed by atoms with Crippen LogP contribution in [0.25, 0.3) is 0 Å². The summed E-state index contributed by atoms with van der Waals surface area (Å²) in [5.74, 6) is -3.33. The van der Waals surface area contributed by atoms with E-state index in [1.165, 1.54) is 0 Å². The van der Waals surface area contributed by atoms with Crippen molar-refractivity contribution in [3.8, 4) is 0 Å². The Bertz CT molecular complexity index is 736. The number of amides is 3. The van der Waals surface area contributed by atoms with E-state index in [0.717, 1.165) is 5.56 Å². The van der Waals surface area contributed by atoms with Crippen LogP contribution in [0.5, 0.6) is 0 Å². The van der Waals surface area contributed by atoms with Crippen LogP contribution in [0.2, 0.25) is 0 Å². The van der Waals surface area contributed by atoms with Gasteiger partial charge in [0.15, 0.2) is 0 Å². The molecule has 1 aromatic rings. The molecule has 0 saturated carbocycles. The first-order valence-corrected chi connectivity index (χ1v) is 9.92. The maximum Gasteiger partial charge on any atom is 0.322 e. The standard InChI is InChI=1S/C21H32N4O5/c1-12(2)17(20(29)23-11-16(26)27)25-21(30)18(13(3)4)24-19(28)15(22)10-14-8-6-5-7-9-14/h5-9,12-13,15,17-18H,10-11,22H2,1-4H3,(H,23,29)(H,24,28)(H,25,30)(H,26,27). The summed E-state index contributed by atoms with van der Waals surface area (Å²) in [6, 6.07) is 6.64. The third-order valence-corrected chi connectivity index (χ3v) is 4.54. The fourth-order valence-electron chi connectivity index (χ4n) is 2.81. The Hall–Kier alpha value is -2.94. The second-order valence-electron chi connectivity index (χ2n) is 7.87. The van der Waals surface area contributed by atoms with Crippen LogP contribution in [-0.2, 0) is 25.6 Å². The van der Waals surface area contributed by atoms with E-state index in [-0.39, 0.29) is 11.8 Å². The largest absolute Gasteiger partial charge is 0.480 e. The predicted molar refractivity (Wildman–Crippen MR) is 112 cm³/mol. The molecule has 6 N–H and O–H groups in total. The van der Waals surface area contributed by atoms with Crippen LogP contribution in [0.1, 0.15) is 33.3 Å². The quantitative estimate of drug-likeness (QED) is 0.341. The summed E-state index contributed by atoms with van der Waals surface area (Å²) in [6.07, 6.45) is 0.325. The van der Waals surface area contributed by atoms with Gasteiger partial charge in [0.25, 0.3) is 0 Å². The molecule has 30 heavy (non-hydrogen) atoms. The highest BCUT2D eigenvalue weighted by atomic mass is 16.4. The number of benzene rings is 1. The summed E-state index contributed by atoms with van der Waals surface area (Å²) < 4.78 is 0. The average Bonchev–Trinajstić information content (AvgIpc) is 2.68. The zero-order valence-corrected chi connectivity index (χ0v) is 17.8. The Morgan fingerprint density at radius 2 is 1.37 bits per heavy atom. The van der Waals surface area contributed by atoms with Crippen molar-refractivity contribution >= 4 is 23.7 Å². The Morgan fingerprint density at radius 1 is 0.867 bits per heavy atom. The van der Waals surface area contributed by atoms with Crippen molar-refractivity contribution in [2.75, 3.05) is 6.54 Å². The highest BCUT2D eigenvalue weighted by Gasteiger charge is 2.31. The topological polar surface area (TPSA) is 151 Å². The molecule has 3 atom stereocenters. The fourth-order valence-corrected chi connectivity index (χ4v) is 2.81. The Kier molecular flexibility index (Phi) is 9.97. The zero-order chi connectivity index (χ0) is 22.8. The Morgan fingerprint density at radius 3 is 1.87 bits per heavy atom. The minimum absolute atomic E-state index is 0.257. The SMILES string of the molecule is CC(C)C(NC(=O)C(N)Cc1ccccc1)C(=O)NC(C(=O)NCC(=O)O)C(C)C. The number of carboxylic acid groups (broad SMARTS) is 1. The molecule has 0 fully saturated rings. The maximum absolute atomic E-state index is 12.8. The zero-order valence-electron chi connectivity index (χ0n) is 17.8. The van der Waals surface area contributed by atoms with E-state index >= 15 is 0 Å². The number of carbonyl (C=O) groups is 4. The first kappa shape index (κ1) is 25.1. The van der Waals surface area contributed by atoms with Gasteiger partial charge in [0.1, 0.15) is 18.6 Å². The van der Waals surface area contributed by atoms with E-state index in [1.54, 1.807) is 27.7 Å². The summed E-state index contributed by atoms with van der Waals surface area (Å²) >= 11 is 0. The first-order valence-electron chi connectivity index (χ1n) is 9.92. The molecule has 0 aliphatic carbocycles. The molecule has 9 nitrogen and oxygen atoms in total. The lowest BCUT2D eigenvalue weighted by molar-refractivity contribution is -0.139.